The van der Waals surface area contributed by atoms with Crippen LogP contribution in [-0.4, -0.2) is 41.2 Å². The van der Waals surface area contributed by atoms with Gasteiger partial charge in [0.15, 0.2) is 5.11 Å². The second-order valence-corrected chi connectivity index (χ2v) is 11.4. The first-order valence-corrected chi connectivity index (χ1v) is 12.1. The molecule has 1 fully saturated rings. The fourth-order valence-electron chi connectivity index (χ4n) is 4.73. The molecule has 0 spiro atoms. The highest BCUT2D eigenvalue weighted by Gasteiger charge is 2.40. The third-order valence-electron chi connectivity index (χ3n) is 5.85. The van der Waals surface area contributed by atoms with Crippen LogP contribution in [0.2, 0.25) is 10.0 Å². The van der Waals surface area contributed by atoms with Gasteiger partial charge in [-0.15, -0.1) is 0 Å². The Morgan fingerprint density at radius 2 is 1.62 bits per heavy atom. The Hall–Kier alpha value is -1.53. The molecule has 0 unspecified atom stereocenters. The summed E-state index contributed by atoms with van der Waals surface area (Å²) in [7, 11) is 4.10. The van der Waals surface area contributed by atoms with E-state index in [-0.39, 0.29) is 17.1 Å². The van der Waals surface area contributed by atoms with Crippen molar-refractivity contribution < 1.29 is 0 Å². The molecule has 0 bridgehead atoms. The zero-order valence-corrected chi connectivity index (χ0v) is 22.1. The van der Waals surface area contributed by atoms with Crippen LogP contribution in [0.5, 0.6) is 0 Å². The van der Waals surface area contributed by atoms with Gasteiger partial charge in [-0.2, -0.15) is 0 Å². The summed E-state index contributed by atoms with van der Waals surface area (Å²) in [6, 6.07) is 14.4. The van der Waals surface area contributed by atoms with Gasteiger partial charge in [-0.3, -0.25) is 0 Å². The van der Waals surface area contributed by atoms with Gasteiger partial charge in [0, 0.05) is 48.5 Å². The average molecular weight is 494 g/mol. The summed E-state index contributed by atoms with van der Waals surface area (Å²) in [6.07, 6.45) is 1.98. The van der Waals surface area contributed by atoms with Crippen molar-refractivity contribution >= 4 is 51.9 Å². The fourth-order valence-corrected chi connectivity index (χ4v) is 5.51. The van der Waals surface area contributed by atoms with E-state index in [0.29, 0.717) is 15.2 Å². The number of piperidine rings is 1. The van der Waals surface area contributed by atoms with E-state index in [1.807, 2.05) is 12.1 Å². The number of halogens is 2. The Morgan fingerprint density at radius 3 is 2.16 bits per heavy atom. The lowest BCUT2D eigenvalue weighted by molar-refractivity contribution is 0.101. The number of rotatable bonds is 5. The lowest BCUT2D eigenvalue weighted by Gasteiger charge is -2.50. The molecule has 32 heavy (non-hydrogen) atoms. The lowest BCUT2D eigenvalue weighted by Crippen LogP contribution is -2.63. The third kappa shape index (κ3) is 6.50. The highest BCUT2D eigenvalue weighted by Crippen LogP contribution is 2.33. The molecule has 4 nitrogen and oxygen atoms in total. The molecular formula is C25H34Cl2N4S. The lowest BCUT2D eigenvalue weighted by atomic mass is 9.79. The second kappa shape index (κ2) is 9.76. The Balaban J connectivity index is 1.90. The van der Waals surface area contributed by atoms with Crippen LogP contribution in [0.1, 0.15) is 46.1 Å². The van der Waals surface area contributed by atoms with Crippen molar-refractivity contribution in [3.8, 4) is 0 Å². The van der Waals surface area contributed by atoms with Crippen LogP contribution in [0.15, 0.2) is 42.5 Å². The Bertz CT molecular complexity index is 941. The minimum Gasteiger partial charge on any atom is -0.378 e. The van der Waals surface area contributed by atoms with Crippen molar-refractivity contribution in [2.45, 2.75) is 64.2 Å². The Morgan fingerprint density at radius 1 is 1.03 bits per heavy atom. The molecule has 7 heteroatoms. The van der Waals surface area contributed by atoms with E-state index < -0.39 is 0 Å². The number of hydrogen-bond donors (Lipinski definition) is 2. The fraction of sp³-hybridized carbons (Fsp3) is 0.480. The van der Waals surface area contributed by atoms with E-state index in [9.17, 15) is 0 Å². The first-order chi connectivity index (χ1) is 14.8. The van der Waals surface area contributed by atoms with Gasteiger partial charge in [0.05, 0.1) is 10.7 Å². The maximum atomic E-state index is 6.42. The molecule has 174 valence electrons. The van der Waals surface area contributed by atoms with Gasteiger partial charge in [0.25, 0.3) is 0 Å². The van der Waals surface area contributed by atoms with Gasteiger partial charge in [0.2, 0.25) is 0 Å². The summed E-state index contributed by atoms with van der Waals surface area (Å²) in [4.78, 5) is 4.42. The van der Waals surface area contributed by atoms with Crippen LogP contribution in [0.3, 0.4) is 0 Å². The largest absolute Gasteiger partial charge is 0.378 e. The molecule has 0 saturated carbocycles. The number of benzene rings is 2. The molecule has 1 aliphatic heterocycles. The molecule has 1 saturated heterocycles. The van der Waals surface area contributed by atoms with Crippen LogP contribution in [0, 0.1) is 0 Å². The van der Waals surface area contributed by atoms with E-state index in [0.717, 1.165) is 25.1 Å². The van der Waals surface area contributed by atoms with Crippen LogP contribution >= 0.6 is 35.4 Å². The van der Waals surface area contributed by atoms with Crippen molar-refractivity contribution in [3.63, 3.8) is 0 Å². The molecular weight excluding hydrogens is 459 g/mol. The Kier molecular flexibility index (Phi) is 7.66. The molecule has 1 aliphatic rings. The van der Waals surface area contributed by atoms with Gasteiger partial charge in [-0.1, -0.05) is 35.3 Å². The molecule has 1 heterocycles. The summed E-state index contributed by atoms with van der Waals surface area (Å²) in [6.45, 7) is 9.77. The van der Waals surface area contributed by atoms with E-state index in [1.54, 1.807) is 6.07 Å². The van der Waals surface area contributed by atoms with E-state index in [1.165, 1.54) is 11.3 Å². The highest BCUT2D eigenvalue weighted by atomic mass is 35.5. The number of anilines is 2. The van der Waals surface area contributed by atoms with Crippen molar-refractivity contribution in [2.75, 3.05) is 24.3 Å². The van der Waals surface area contributed by atoms with Gasteiger partial charge in [-0.25, -0.2) is 0 Å². The molecule has 2 aromatic rings. The van der Waals surface area contributed by atoms with Crippen molar-refractivity contribution in [3.05, 3.63) is 58.1 Å². The summed E-state index contributed by atoms with van der Waals surface area (Å²) >= 11 is 18.4. The zero-order valence-electron chi connectivity index (χ0n) is 19.8. The van der Waals surface area contributed by atoms with Crippen molar-refractivity contribution in [1.82, 2.24) is 10.2 Å². The first-order valence-electron chi connectivity index (χ1n) is 10.9. The SMILES string of the molecule is CN(C)c1ccc(CN(C(=S)Nc2ccc(Cl)cc2Cl)C2CC(C)(C)NC(C)(C)C2)cc1. The maximum absolute atomic E-state index is 6.42. The minimum absolute atomic E-state index is 0.00692. The Labute approximate surface area is 208 Å². The quantitative estimate of drug-likeness (QED) is 0.460. The molecule has 2 N–H and O–H groups in total. The summed E-state index contributed by atoms with van der Waals surface area (Å²) in [5.74, 6) is 0. The van der Waals surface area contributed by atoms with Crippen molar-refractivity contribution in [2.24, 2.45) is 0 Å². The minimum atomic E-state index is 0.00692. The molecule has 2 aromatic carbocycles. The van der Waals surface area contributed by atoms with Gasteiger partial charge in [0.1, 0.15) is 0 Å². The van der Waals surface area contributed by atoms with Crippen molar-refractivity contribution in [1.29, 1.82) is 0 Å². The predicted octanol–water partition coefficient (Wildman–Crippen LogP) is 6.57. The van der Waals surface area contributed by atoms with Gasteiger partial charge < -0.3 is 20.4 Å². The van der Waals surface area contributed by atoms with Crippen LogP contribution in [-0.2, 0) is 6.54 Å². The number of thiocarbonyl (C=S) groups is 1. The van der Waals surface area contributed by atoms with Gasteiger partial charge >= 0.3 is 0 Å². The zero-order chi connectivity index (χ0) is 23.7. The van der Waals surface area contributed by atoms with E-state index >= 15 is 0 Å². The molecule has 0 aromatic heterocycles. The molecule has 0 amide bonds. The first kappa shape index (κ1) is 25.1. The number of nitrogens with zero attached hydrogens (tertiary/aromatic N) is 2. The smallest absolute Gasteiger partial charge is 0.174 e. The summed E-state index contributed by atoms with van der Waals surface area (Å²) in [5, 5.41) is 8.98. The monoisotopic (exact) mass is 492 g/mol. The topological polar surface area (TPSA) is 30.5 Å². The summed E-state index contributed by atoms with van der Waals surface area (Å²) in [5.41, 5.74) is 3.18. The third-order valence-corrected chi connectivity index (χ3v) is 6.73. The van der Waals surface area contributed by atoms with E-state index in [2.05, 4.69) is 86.5 Å². The summed E-state index contributed by atoms with van der Waals surface area (Å²) < 4.78 is 0. The molecule has 0 atom stereocenters. The average Bonchev–Trinajstić information content (AvgIpc) is 2.66. The van der Waals surface area contributed by atoms with Gasteiger partial charge in [-0.05, 0) is 88.6 Å². The normalized spacial score (nSPS) is 17.6. The number of nitrogens with one attached hydrogen (secondary N) is 2. The van der Waals surface area contributed by atoms with E-state index in [4.69, 9.17) is 35.4 Å². The second-order valence-electron chi connectivity index (χ2n) is 10.2. The van der Waals surface area contributed by atoms with Crippen LogP contribution < -0.4 is 15.5 Å². The van der Waals surface area contributed by atoms with Crippen LogP contribution in [0.25, 0.3) is 0 Å². The molecule has 0 aliphatic carbocycles. The predicted molar refractivity (Wildman–Crippen MR) is 143 cm³/mol. The molecule has 0 radical (unpaired) electrons. The van der Waals surface area contributed by atoms with Crippen LogP contribution in [0.4, 0.5) is 11.4 Å². The molecule has 3 rings (SSSR count). The number of hydrogen-bond acceptors (Lipinski definition) is 3. The highest BCUT2D eigenvalue weighted by molar-refractivity contribution is 7.80. The standard InChI is InChI=1S/C25H34Cl2N4S/c1-24(2)14-20(15-25(3,4)29-24)31(16-17-7-10-19(11-8-17)30(5)6)23(32)28-22-12-9-18(26)13-21(22)27/h7-13,20,29H,14-16H2,1-6H3,(H,28,32). The maximum Gasteiger partial charge on any atom is 0.174 e.